The van der Waals surface area contributed by atoms with Crippen molar-refractivity contribution in [3.05, 3.63) is 15.9 Å². The van der Waals surface area contributed by atoms with Crippen LogP contribution in [0.15, 0.2) is 10.4 Å². The Bertz CT molecular complexity index is 349. The number of aromatic nitrogens is 1. The van der Waals surface area contributed by atoms with Gasteiger partial charge >= 0.3 is 0 Å². The second-order valence-corrected chi connectivity index (χ2v) is 4.62. The number of likely N-dealkylation sites (N-methyl/N-ethyl adjacent to an activating group) is 1. The molecule has 0 unspecified atom stereocenters. The molecule has 0 aliphatic rings. The number of hydrogen-bond donors (Lipinski definition) is 0. The standard InChI is InChI=1S/C11H21N3S/c1-5-12-11-14(6-2)10(9-15-11)7-8-13(3)4/h9H,5-8H2,1-4H3. The van der Waals surface area contributed by atoms with Crippen LogP contribution < -0.4 is 4.80 Å². The van der Waals surface area contributed by atoms with E-state index in [1.165, 1.54) is 5.69 Å². The van der Waals surface area contributed by atoms with Crippen LogP contribution in [-0.4, -0.2) is 36.7 Å². The van der Waals surface area contributed by atoms with E-state index in [2.05, 4.69) is 47.8 Å². The van der Waals surface area contributed by atoms with E-state index in [0.717, 1.165) is 30.9 Å². The largest absolute Gasteiger partial charge is 0.321 e. The van der Waals surface area contributed by atoms with Crippen molar-refractivity contribution in [1.29, 1.82) is 0 Å². The van der Waals surface area contributed by atoms with Gasteiger partial charge in [0, 0.05) is 37.1 Å². The van der Waals surface area contributed by atoms with Crippen LogP contribution in [0, 0.1) is 0 Å². The zero-order valence-electron chi connectivity index (χ0n) is 10.2. The van der Waals surface area contributed by atoms with Gasteiger partial charge in [0.25, 0.3) is 0 Å². The van der Waals surface area contributed by atoms with Crippen molar-refractivity contribution in [3.63, 3.8) is 0 Å². The zero-order valence-corrected chi connectivity index (χ0v) is 11.0. The summed E-state index contributed by atoms with van der Waals surface area (Å²) in [5.74, 6) is 0. The molecular weight excluding hydrogens is 206 g/mol. The summed E-state index contributed by atoms with van der Waals surface area (Å²) in [4.78, 5) is 7.87. The Labute approximate surface area is 96.1 Å². The van der Waals surface area contributed by atoms with Crippen LogP contribution in [-0.2, 0) is 13.0 Å². The zero-order chi connectivity index (χ0) is 11.3. The van der Waals surface area contributed by atoms with Crippen LogP contribution in [0.2, 0.25) is 0 Å². The van der Waals surface area contributed by atoms with Crippen molar-refractivity contribution < 1.29 is 0 Å². The van der Waals surface area contributed by atoms with Gasteiger partial charge in [0.05, 0.1) is 0 Å². The van der Waals surface area contributed by atoms with Gasteiger partial charge in [-0.05, 0) is 27.9 Å². The van der Waals surface area contributed by atoms with Crippen molar-refractivity contribution in [1.82, 2.24) is 9.47 Å². The molecule has 1 heterocycles. The average molecular weight is 227 g/mol. The van der Waals surface area contributed by atoms with Gasteiger partial charge in [0.15, 0.2) is 4.80 Å². The lowest BCUT2D eigenvalue weighted by molar-refractivity contribution is 0.408. The fourth-order valence-corrected chi connectivity index (χ4v) is 2.56. The molecular formula is C11H21N3S. The Morgan fingerprint density at radius 3 is 2.67 bits per heavy atom. The van der Waals surface area contributed by atoms with E-state index >= 15 is 0 Å². The monoisotopic (exact) mass is 227 g/mol. The molecule has 0 saturated carbocycles. The Morgan fingerprint density at radius 1 is 1.40 bits per heavy atom. The summed E-state index contributed by atoms with van der Waals surface area (Å²) < 4.78 is 2.32. The number of thiazole rings is 1. The second-order valence-electron chi connectivity index (χ2n) is 3.78. The smallest absolute Gasteiger partial charge is 0.184 e. The average Bonchev–Trinajstić information content (AvgIpc) is 2.58. The minimum atomic E-state index is 0.869. The molecule has 15 heavy (non-hydrogen) atoms. The van der Waals surface area contributed by atoms with Crippen LogP contribution in [0.3, 0.4) is 0 Å². The van der Waals surface area contributed by atoms with Gasteiger partial charge in [0.2, 0.25) is 0 Å². The molecule has 0 aliphatic carbocycles. The molecule has 0 atom stereocenters. The fraction of sp³-hybridized carbons (Fsp3) is 0.727. The molecule has 1 rings (SSSR count). The van der Waals surface area contributed by atoms with Crippen molar-refractivity contribution in [3.8, 4) is 0 Å². The third-order valence-corrected chi connectivity index (χ3v) is 3.25. The Balaban J connectivity index is 2.84. The first-order valence-corrected chi connectivity index (χ1v) is 6.39. The lowest BCUT2D eigenvalue weighted by atomic mass is 10.3. The van der Waals surface area contributed by atoms with Gasteiger partial charge in [-0.1, -0.05) is 0 Å². The van der Waals surface area contributed by atoms with Gasteiger partial charge < -0.3 is 9.47 Å². The Morgan fingerprint density at radius 2 is 2.13 bits per heavy atom. The highest BCUT2D eigenvalue weighted by Crippen LogP contribution is 2.03. The lowest BCUT2D eigenvalue weighted by Crippen LogP contribution is -2.21. The molecule has 4 heteroatoms. The molecule has 0 fully saturated rings. The maximum absolute atomic E-state index is 4.49. The van der Waals surface area contributed by atoms with Crippen LogP contribution >= 0.6 is 11.3 Å². The Kier molecular flexibility index (Phi) is 5.05. The van der Waals surface area contributed by atoms with E-state index in [1.807, 2.05) is 0 Å². The van der Waals surface area contributed by atoms with Crippen molar-refractivity contribution >= 4 is 11.3 Å². The highest BCUT2D eigenvalue weighted by molar-refractivity contribution is 7.07. The van der Waals surface area contributed by atoms with Crippen molar-refractivity contribution in [2.45, 2.75) is 26.8 Å². The first-order valence-electron chi connectivity index (χ1n) is 5.51. The molecule has 0 saturated heterocycles. The van der Waals surface area contributed by atoms with Gasteiger partial charge in [-0.25, -0.2) is 0 Å². The Hall–Kier alpha value is -0.610. The first-order chi connectivity index (χ1) is 7.19. The molecule has 1 aromatic heterocycles. The number of hydrogen-bond acceptors (Lipinski definition) is 3. The van der Waals surface area contributed by atoms with E-state index in [1.54, 1.807) is 11.3 Å². The normalized spacial score (nSPS) is 12.7. The molecule has 0 radical (unpaired) electrons. The minimum absolute atomic E-state index is 0.869. The van der Waals surface area contributed by atoms with E-state index < -0.39 is 0 Å². The molecule has 0 aromatic carbocycles. The maximum atomic E-state index is 4.49. The summed E-state index contributed by atoms with van der Waals surface area (Å²) in [5.41, 5.74) is 1.41. The van der Waals surface area contributed by atoms with E-state index in [0.29, 0.717) is 0 Å². The van der Waals surface area contributed by atoms with Gasteiger partial charge in [-0.2, -0.15) is 0 Å². The molecule has 86 valence electrons. The molecule has 3 nitrogen and oxygen atoms in total. The minimum Gasteiger partial charge on any atom is -0.321 e. The third kappa shape index (κ3) is 3.47. The first kappa shape index (κ1) is 12.5. The van der Waals surface area contributed by atoms with Crippen LogP contribution in [0.4, 0.5) is 0 Å². The maximum Gasteiger partial charge on any atom is 0.184 e. The van der Waals surface area contributed by atoms with Gasteiger partial charge in [-0.15, -0.1) is 11.3 Å². The summed E-state index contributed by atoms with van der Waals surface area (Å²) in [5, 5.41) is 2.24. The second kappa shape index (κ2) is 6.08. The predicted molar refractivity (Wildman–Crippen MR) is 66.3 cm³/mol. The molecule has 0 N–H and O–H groups in total. The van der Waals surface area contributed by atoms with Crippen LogP contribution in [0.1, 0.15) is 19.5 Å². The lowest BCUT2D eigenvalue weighted by Gasteiger charge is -2.10. The molecule has 0 bridgehead atoms. The number of rotatable bonds is 5. The van der Waals surface area contributed by atoms with Crippen LogP contribution in [0.25, 0.3) is 0 Å². The third-order valence-electron chi connectivity index (χ3n) is 2.30. The van der Waals surface area contributed by atoms with E-state index in [9.17, 15) is 0 Å². The predicted octanol–water partition coefficient (Wildman–Crippen LogP) is 1.59. The number of nitrogens with zero attached hydrogens (tertiary/aromatic N) is 3. The highest BCUT2D eigenvalue weighted by Gasteiger charge is 2.03. The molecule has 0 spiro atoms. The highest BCUT2D eigenvalue weighted by atomic mass is 32.1. The summed E-state index contributed by atoms with van der Waals surface area (Å²) in [6.07, 6.45) is 1.11. The molecule has 0 aliphatic heterocycles. The summed E-state index contributed by atoms with van der Waals surface area (Å²) in [6.45, 7) is 7.25. The molecule has 0 amide bonds. The summed E-state index contributed by atoms with van der Waals surface area (Å²) >= 11 is 1.75. The van der Waals surface area contributed by atoms with Gasteiger partial charge in [0.1, 0.15) is 0 Å². The topological polar surface area (TPSA) is 20.5 Å². The van der Waals surface area contributed by atoms with E-state index in [4.69, 9.17) is 0 Å². The fourth-order valence-electron chi connectivity index (χ4n) is 1.50. The molecule has 1 aromatic rings. The van der Waals surface area contributed by atoms with Crippen molar-refractivity contribution in [2.75, 3.05) is 27.2 Å². The van der Waals surface area contributed by atoms with Gasteiger partial charge in [-0.3, -0.25) is 4.99 Å². The SMILES string of the molecule is CCN=c1scc(CCN(C)C)n1CC. The summed E-state index contributed by atoms with van der Waals surface area (Å²) in [7, 11) is 4.22. The quantitative estimate of drug-likeness (QED) is 0.748. The van der Waals surface area contributed by atoms with Crippen molar-refractivity contribution in [2.24, 2.45) is 4.99 Å². The summed E-state index contributed by atoms with van der Waals surface area (Å²) in [6, 6.07) is 0. The van der Waals surface area contributed by atoms with E-state index in [-0.39, 0.29) is 0 Å². The van der Waals surface area contributed by atoms with Crippen LogP contribution in [0.5, 0.6) is 0 Å².